The lowest BCUT2D eigenvalue weighted by Crippen LogP contribution is -2.58. The fourth-order valence-electron chi connectivity index (χ4n) is 4.94. The summed E-state index contributed by atoms with van der Waals surface area (Å²) < 4.78 is 73.0. The van der Waals surface area contributed by atoms with Gasteiger partial charge < -0.3 is 28.2 Å². The Hall–Kier alpha value is -4.49. The summed E-state index contributed by atoms with van der Waals surface area (Å²) in [6, 6.07) is 45.8. The molecule has 0 aromatic heterocycles. The Balaban J connectivity index is 1.61. The Morgan fingerprint density at radius 3 is 1.33 bits per heavy atom. The maximum absolute atomic E-state index is 7.17. The molecular formula is C39H41N4O8P4+. The molecule has 5 aromatic rings. The van der Waals surface area contributed by atoms with Gasteiger partial charge in [0.2, 0.25) is 8.52 Å². The summed E-state index contributed by atoms with van der Waals surface area (Å²) in [6.07, 6.45) is 0.969. The minimum absolute atomic E-state index is 0.240. The summed E-state index contributed by atoms with van der Waals surface area (Å²) in [7, 11) is -4.85. The Morgan fingerprint density at radius 1 is 0.527 bits per heavy atom. The lowest BCUT2D eigenvalue weighted by atomic mass is 10.2. The summed E-state index contributed by atoms with van der Waals surface area (Å²) in [6.45, 7) is 4.64. The molecule has 5 aromatic carbocycles. The van der Waals surface area contributed by atoms with Gasteiger partial charge in [0.25, 0.3) is 0 Å². The molecule has 0 saturated heterocycles. The van der Waals surface area contributed by atoms with Crippen molar-refractivity contribution in [1.82, 2.24) is 0 Å². The van der Waals surface area contributed by atoms with Crippen molar-refractivity contribution in [1.29, 1.82) is 0 Å². The molecule has 6 rings (SSSR count). The summed E-state index contributed by atoms with van der Waals surface area (Å²) in [4.78, 5) is 0. The number of para-hydroxylation sites is 5. The van der Waals surface area contributed by atoms with Crippen LogP contribution in [0.3, 0.4) is 0 Å². The van der Waals surface area contributed by atoms with Gasteiger partial charge >= 0.3 is 27.7 Å². The van der Waals surface area contributed by atoms with E-state index in [1.165, 1.54) is 0 Å². The number of nitrogens with zero attached hydrogens (tertiary/aromatic N) is 4. The fourth-order valence-corrected chi connectivity index (χ4v) is 10.8. The van der Waals surface area contributed by atoms with Crippen LogP contribution in [0.15, 0.2) is 170 Å². The number of hydrogen-bond donors (Lipinski definition) is 0. The van der Waals surface area contributed by atoms with Gasteiger partial charge in [0.15, 0.2) is 14.9 Å². The number of ether oxygens (including phenoxy) is 5. The third kappa shape index (κ3) is 12.3. The van der Waals surface area contributed by atoms with Gasteiger partial charge in [-0.15, -0.1) is 4.52 Å². The highest BCUT2D eigenvalue weighted by Crippen LogP contribution is 2.65. The van der Waals surface area contributed by atoms with Gasteiger partial charge in [-0.05, 0) is 73.5 Å². The Labute approximate surface area is 325 Å². The highest BCUT2D eigenvalue weighted by molar-refractivity contribution is 7.66. The quantitative estimate of drug-likeness (QED) is 0.0562. The van der Waals surface area contributed by atoms with Crippen LogP contribution in [0.2, 0.25) is 0 Å². The van der Waals surface area contributed by atoms with Crippen LogP contribution in [-0.4, -0.2) is 25.2 Å². The van der Waals surface area contributed by atoms with E-state index in [-0.39, 0.29) is 15.1 Å². The first-order valence-electron chi connectivity index (χ1n) is 17.6. The molecule has 1 aliphatic rings. The molecule has 0 aliphatic carbocycles. The van der Waals surface area contributed by atoms with Gasteiger partial charge in [0, 0.05) is 9.03 Å². The van der Waals surface area contributed by atoms with E-state index in [2.05, 4.69) is 9.03 Å². The zero-order valence-electron chi connectivity index (χ0n) is 30.3. The van der Waals surface area contributed by atoms with E-state index in [0.29, 0.717) is 50.3 Å². The second kappa shape index (κ2) is 20.4. The van der Waals surface area contributed by atoms with E-state index in [0.717, 1.165) is 6.42 Å². The van der Waals surface area contributed by atoms with Crippen LogP contribution in [0.25, 0.3) is 0 Å². The normalized spacial score (nSPS) is 16.7. The SMILES string of the molecule is CCCO[P+]1=NP(OCCC)(OC(CC(Oc2ccccc2)(Oc2ccccc2)Oc2ccccc2)(Oc2ccccc2)Oc2ccccc2)=NP=NP=N1. The largest absolute Gasteiger partial charge is 0.547 e. The summed E-state index contributed by atoms with van der Waals surface area (Å²) in [5, 5.41) is 0. The third-order valence-electron chi connectivity index (χ3n) is 7.19. The molecule has 0 N–H and O–H groups in total. The first kappa shape index (κ1) is 40.2. The zero-order valence-corrected chi connectivity index (χ0v) is 33.9. The van der Waals surface area contributed by atoms with Crippen LogP contribution in [0.5, 0.6) is 28.7 Å². The topological polar surface area (TPSA) is 123 Å². The second-order valence-electron chi connectivity index (χ2n) is 11.7. The molecule has 284 valence electrons. The summed E-state index contributed by atoms with van der Waals surface area (Å²) >= 11 is 0. The molecule has 0 bridgehead atoms. The number of rotatable bonds is 20. The number of hydrogen-bond acceptors (Lipinski definition) is 12. The van der Waals surface area contributed by atoms with E-state index in [1.54, 1.807) is 60.7 Å². The monoisotopic (exact) mass is 817 g/mol. The Kier molecular flexibility index (Phi) is 14.9. The third-order valence-corrected chi connectivity index (χ3v) is 12.9. The van der Waals surface area contributed by atoms with Crippen molar-refractivity contribution >= 4 is 32.8 Å². The van der Waals surface area contributed by atoms with Crippen molar-refractivity contribution in [2.75, 3.05) is 13.2 Å². The maximum atomic E-state index is 7.17. The minimum Gasteiger partial charge on any atom is -0.429 e. The van der Waals surface area contributed by atoms with Gasteiger partial charge in [0.1, 0.15) is 35.4 Å². The van der Waals surface area contributed by atoms with E-state index in [4.69, 9.17) is 46.3 Å². The van der Waals surface area contributed by atoms with Crippen molar-refractivity contribution in [2.24, 2.45) is 18.1 Å². The van der Waals surface area contributed by atoms with Crippen molar-refractivity contribution in [3.63, 3.8) is 0 Å². The van der Waals surface area contributed by atoms with Crippen molar-refractivity contribution in [2.45, 2.75) is 45.1 Å². The molecule has 0 amide bonds. The maximum Gasteiger partial charge on any atom is 0.547 e. The molecule has 0 fully saturated rings. The van der Waals surface area contributed by atoms with Gasteiger partial charge in [-0.3, -0.25) is 0 Å². The molecule has 12 nitrogen and oxygen atoms in total. The summed E-state index contributed by atoms with van der Waals surface area (Å²) in [5.74, 6) is -2.18. The van der Waals surface area contributed by atoms with Crippen molar-refractivity contribution in [3.05, 3.63) is 152 Å². The number of benzene rings is 5. The molecule has 0 radical (unpaired) electrons. The lowest BCUT2D eigenvalue weighted by molar-refractivity contribution is -0.343. The average Bonchev–Trinajstić information content (AvgIpc) is 3.20. The van der Waals surface area contributed by atoms with E-state index in [9.17, 15) is 0 Å². The van der Waals surface area contributed by atoms with Crippen LogP contribution in [0, 0.1) is 0 Å². The average molecular weight is 818 g/mol. The molecule has 2 atom stereocenters. The van der Waals surface area contributed by atoms with E-state index < -0.39 is 34.1 Å². The zero-order chi connectivity index (χ0) is 38.1. The predicted molar refractivity (Wildman–Crippen MR) is 216 cm³/mol. The van der Waals surface area contributed by atoms with Crippen LogP contribution in [-0.2, 0) is 13.6 Å². The van der Waals surface area contributed by atoms with Crippen molar-refractivity contribution in [3.8, 4) is 28.7 Å². The highest BCUT2D eigenvalue weighted by atomic mass is 31.2. The van der Waals surface area contributed by atoms with Crippen LogP contribution in [0.1, 0.15) is 33.1 Å². The fraction of sp³-hybridized carbons (Fsp3) is 0.231. The highest BCUT2D eigenvalue weighted by Gasteiger charge is 2.57. The van der Waals surface area contributed by atoms with Gasteiger partial charge in [-0.2, -0.15) is 9.03 Å². The second-order valence-corrected chi connectivity index (χ2v) is 17.1. The first-order valence-corrected chi connectivity index (χ1v) is 21.9. The molecule has 2 unspecified atom stereocenters. The van der Waals surface area contributed by atoms with Crippen LogP contribution < -0.4 is 23.7 Å². The lowest BCUT2D eigenvalue weighted by Gasteiger charge is -2.41. The van der Waals surface area contributed by atoms with Crippen LogP contribution in [0.4, 0.5) is 0 Å². The minimum atomic E-state index is -3.77. The Morgan fingerprint density at radius 2 is 0.927 bits per heavy atom. The van der Waals surface area contributed by atoms with Crippen molar-refractivity contribution < 1.29 is 37.3 Å². The smallest absolute Gasteiger partial charge is 0.429 e. The summed E-state index contributed by atoms with van der Waals surface area (Å²) in [5.41, 5.74) is 0. The van der Waals surface area contributed by atoms with Crippen LogP contribution >= 0.6 is 32.8 Å². The van der Waals surface area contributed by atoms with Gasteiger partial charge in [-0.1, -0.05) is 105 Å². The van der Waals surface area contributed by atoms with E-state index in [1.807, 2.05) is 105 Å². The van der Waals surface area contributed by atoms with E-state index >= 15 is 0 Å². The molecule has 1 heterocycles. The molecule has 55 heavy (non-hydrogen) atoms. The predicted octanol–water partition coefficient (Wildman–Crippen LogP) is 13.5. The standard InChI is InChI=1S/C39H41N4O8P4/c1-3-30-44-54-41-52-40-53-42-55(43-54,45-31-4-2)51-39(49-36-26-16-8-17-27-36,50-37-28-18-9-19-29-37)32-38(46-33-20-10-5-11-21-33,47-34-22-12-6-13-23-34)48-35-24-14-7-15-25-35/h5-29H,3-4,30-32H2,1-2H3/q+1. The molecule has 0 spiro atoms. The molecular weight excluding hydrogens is 776 g/mol. The Bertz CT molecular complexity index is 1910. The first-order chi connectivity index (χ1) is 27.0. The molecule has 0 saturated carbocycles. The molecule has 1 aliphatic heterocycles. The molecule has 16 heteroatoms. The van der Waals surface area contributed by atoms with Gasteiger partial charge in [-0.25, -0.2) is 4.52 Å². The van der Waals surface area contributed by atoms with Gasteiger partial charge in [0.05, 0.1) is 6.61 Å².